The van der Waals surface area contributed by atoms with E-state index in [1.807, 2.05) is 6.07 Å². The number of furan rings is 1. The average Bonchev–Trinajstić information content (AvgIpc) is 3.23. The minimum absolute atomic E-state index is 0.000451. The molecule has 3 rings (SSSR count). The zero-order chi connectivity index (χ0) is 16.2. The molecule has 3 aromatic rings. The topological polar surface area (TPSA) is 88.5 Å². The van der Waals surface area contributed by atoms with Gasteiger partial charge in [0.25, 0.3) is 5.91 Å². The molecule has 1 aromatic carbocycles. The number of hydrogen-bond donors (Lipinski definition) is 2. The summed E-state index contributed by atoms with van der Waals surface area (Å²) in [4.78, 5) is 12.0. The van der Waals surface area contributed by atoms with Crippen molar-refractivity contribution in [3.05, 3.63) is 65.3 Å². The number of rotatable bonds is 5. The first-order chi connectivity index (χ1) is 11.1. The van der Waals surface area contributed by atoms with E-state index in [-0.39, 0.29) is 12.3 Å². The number of hydrogen-bond acceptors (Lipinski definition) is 5. The maximum Gasteiger partial charge on any atom is 0.290 e. The molecule has 0 aliphatic carbocycles. The van der Waals surface area contributed by atoms with Gasteiger partial charge in [0.05, 0.1) is 12.8 Å². The molecule has 0 radical (unpaired) electrons. The van der Waals surface area contributed by atoms with Crippen LogP contribution in [0.1, 0.15) is 22.4 Å². The fourth-order valence-corrected chi connectivity index (χ4v) is 2.21. The second kappa shape index (κ2) is 6.68. The molecule has 2 aromatic heterocycles. The molecule has 1 unspecified atom stereocenters. The minimum atomic E-state index is -0.927. The van der Waals surface area contributed by atoms with E-state index >= 15 is 0 Å². The van der Waals surface area contributed by atoms with Crippen LogP contribution in [0.5, 0.6) is 0 Å². The Labute approximate surface area is 136 Å². The largest absolute Gasteiger partial charge is 0.467 e. The van der Waals surface area contributed by atoms with Gasteiger partial charge in [-0.2, -0.15) is 0 Å². The predicted molar refractivity (Wildman–Crippen MR) is 83.0 cm³/mol. The van der Waals surface area contributed by atoms with Crippen LogP contribution >= 0.6 is 11.6 Å². The van der Waals surface area contributed by atoms with Gasteiger partial charge in [0.15, 0.2) is 0 Å². The van der Waals surface area contributed by atoms with Gasteiger partial charge in [-0.05, 0) is 24.3 Å². The maximum atomic E-state index is 12.0. The Morgan fingerprint density at radius 1 is 1.30 bits per heavy atom. The van der Waals surface area contributed by atoms with E-state index < -0.39 is 12.0 Å². The van der Waals surface area contributed by atoms with Crippen LogP contribution in [0.3, 0.4) is 0 Å². The minimum Gasteiger partial charge on any atom is -0.467 e. The van der Waals surface area contributed by atoms with Gasteiger partial charge < -0.3 is 19.4 Å². The Morgan fingerprint density at radius 2 is 2.17 bits per heavy atom. The summed E-state index contributed by atoms with van der Waals surface area (Å²) >= 11 is 5.92. The number of nitrogens with one attached hydrogen (secondary N) is 1. The summed E-state index contributed by atoms with van der Waals surface area (Å²) in [6.07, 6.45) is 0.526. The summed E-state index contributed by atoms with van der Waals surface area (Å²) in [5, 5.41) is 16.8. The zero-order valence-corrected chi connectivity index (χ0v) is 12.7. The number of halogens is 1. The first-order valence-electron chi connectivity index (χ1n) is 6.86. The number of aliphatic hydroxyl groups is 1. The Hall–Kier alpha value is -2.57. The summed E-state index contributed by atoms with van der Waals surface area (Å²) in [5.41, 5.74) is 1.25. The SMILES string of the molecule is O=C(NCC(O)c1ccco1)c1cc(-c2cccc(Cl)c2)no1. The molecule has 2 heterocycles. The summed E-state index contributed by atoms with van der Waals surface area (Å²) in [6, 6.07) is 11.9. The smallest absolute Gasteiger partial charge is 0.290 e. The molecule has 0 aliphatic heterocycles. The van der Waals surface area contributed by atoms with Crippen molar-refractivity contribution < 1.29 is 18.8 Å². The molecule has 0 aliphatic rings. The number of amides is 1. The number of carbonyl (C=O) groups is 1. The van der Waals surface area contributed by atoms with E-state index in [1.54, 1.807) is 30.3 Å². The van der Waals surface area contributed by atoms with Crippen LogP contribution < -0.4 is 5.32 Å². The van der Waals surface area contributed by atoms with Gasteiger partial charge in [-0.15, -0.1) is 0 Å². The summed E-state index contributed by atoms with van der Waals surface area (Å²) in [5.74, 6) is -0.0505. The van der Waals surface area contributed by atoms with E-state index in [0.717, 1.165) is 5.56 Å². The lowest BCUT2D eigenvalue weighted by atomic mass is 10.1. The molecule has 0 saturated carbocycles. The van der Waals surface area contributed by atoms with Gasteiger partial charge in [0.1, 0.15) is 17.6 Å². The Bertz CT molecular complexity index is 798. The van der Waals surface area contributed by atoms with E-state index in [1.165, 1.54) is 12.3 Å². The third-order valence-electron chi connectivity index (χ3n) is 3.18. The molecule has 0 bridgehead atoms. The van der Waals surface area contributed by atoms with Crippen LogP contribution in [-0.4, -0.2) is 22.7 Å². The van der Waals surface area contributed by atoms with Crippen molar-refractivity contribution in [3.8, 4) is 11.3 Å². The lowest BCUT2D eigenvalue weighted by molar-refractivity contribution is 0.0866. The number of carbonyl (C=O) groups excluding carboxylic acids is 1. The lowest BCUT2D eigenvalue weighted by Crippen LogP contribution is -2.27. The second-order valence-electron chi connectivity index (χ2n) is 4.83. The van der Waals surface area contributed by atoms with Crippen LogP contribution in [-0.2, 0) is 0 Å². The predicted octanol–water partition coefficient (Wildman–Crippen LogP) is 3.05. The van der Waals surface area contributed by atoms with Crippen LogP contribution in [0.25, 0.3) is 11.3 Å². The number of aliphatic hydroxyl groups excluding tert-OH is 1. The molecule has 0 fully saturated rings. The Balaban J connectivity index is 1.64. The molecular formula is C16H13ClN2O4. The molecular weight excluding hydrogens is 320 g/mol. The summed E-state index contributed by atoms with van der Waals surface area (Å²) < 4.78 is 10.1. The highest BCUT2D eigenvalue weighted by Crippen LogP contribution is 2.22. The van der Waals surface area contributed by atoms with Crippen molar-refractivity contribution >= 4 is 17.5 Å². The normalized spacial score (nSPS) is 12.1. The monoisotopic (exact) mass is 332 g/mol. The fourth-order valence-electron chi connectivity index (χ4n) is 2.02. The van der Waals surface area contributed by atoms with Crippen LogP contribution in [0.15, 0.2) is 57.7 Å². The van der Waals surface area contributed by atoms with Crippen molar-refractivity contribution in [2.75, 3.05) is 6.54 Å². The Kier molecular flexibility index (Phi) is 4.45. The van der Waals surface area contributed by atoms with E-state index in [4.69, 9.17) is 20.5 Å². The zero-order valence-electron chi connectivity index (χ0n) is 11.9. The van der Waals surface area contributed by atoms with Crippen molar-refractivity contribution in [1.82, 2.24) is 10.5 Å². The van der Waals surface area contributed by atoms with Gasteiger partial charge in [-0.3, -0.25) is 4.79 Å². The van der Waals surface area contributed by atoms with Crippen LogP contribution in [0.4, 0.5) is 0 Å². The molecule has 7 heteroatoms. The molecule has 1 atom stereocenters. The van der Waals surface area contributed by atoms with Gasteiger partial charge in [-0.1, -0.05) is 28.9 Å². The fraction of sp³-hybridized carbons (Fsp3) is 0.125. The molecule has 23 heavy (non-hydrogen) atoms. The number of benzene rings is 1. The molecule has 6 nitrogen and oxygen atoms in total. The highest BCUT2D eigenvalue weighted by molar-refractivity contribution is 6.30. The average molecular weight is 333 g/mol. The standard InChI is InChI=1S/C16H13ClN2O4/c17-11-4-1-3-10(7-11)12-8-15(23-19-12)16(21)18-9-13(20)14-5-2-6-22-14/h1-8,13,20H,9H2,(H,18,21). The van der Waals surface area contributed by atoms with E-state index in [0.29, 0.717) is 16.5 Å². The lowest BCUT2D eigenvalue weighted by Gasteiger charge is -2.07. The number of nitrogens with zero attached hydrogens (tertiary/aromatic N) is 1. The third kappa shape index (κ3) is 3.61. The van der Waals surface area contributed by atoms with Gasteiger partial charge >= 0.3 is 0 Å². The van der Waals surface area contributed by atoms with Crippen molar-refractivity contribution in [2.45, 2.75) is 6.10 Å². The highest BCUT2D eigenvalue weighted by atomic mass is 35.5. The molecule has 0 spiro atoms. The quantitative estimate of drug-likeness (QED) is 0.749. The van der Waals surface area contributed by atoms with Gasteiger partial charge in [0, 0.05) is 16.7 Å². The molecule has 1 amide bonds. The third-order valence-corrected chi connectivity index (χ3v) is 3.42. The van der Waals surface area contributed by atoms with Crippen LogP contribution in [0, 0.1) is 0 Å². The summed E-state index contributed by atoms with van der Waals surface area (Å²) in [7, 11) is 0. The first kappa shape index (κ1) is 15.3. The van der Waals surface area contributed by atoms with Crippen molar-refractivity contribution in [2.24, 2.45) is 0 Å². The molecule has 2 N–H and O–H groups in total. The Morgan fingerprint density at radius 3 is 2.91 bits per heavy atom. The molecule has 118 valence electrons. The van der Waals surface area contributed by atoms with E-state index in [2.05, 4.69) is 10.5 Å². The summed E-state index contributed by atoms with van der Waals surface area (Å²) in [6.45, 7) is -0.000451. The molecule has 0 saturated heterocycles. The maximum absolute atomic E-state index is 12.0. The van der Waals surface area contributed by atoms with Crippen molar-refractivity contribution in [3.63, 3.8) is 0 Å². The second-order valence-corrected chi connectivity index (χ2v) is 5.26. The van der Waals surface area contributed by atoms with Gasteiger partial charge in [0.2, 0.25) is 5.76 Å². The number of aromatic nitrogens is 1. The van der Waals surface area contributed by atoms with Crippen molar-refractivity contribution in [1.29, 1.82) is 0 Å². The van der Waals surface area contributed by atoms with Crippen LogP contribution in [0.2, 0.25) is 5.02 Å². The highest BCUT2D eigenvalue weighted by Gasteiger charge is 2.17. The van der Waals surface area contributed by atoms with E-state index in [9.17, 15) is 9.90 Å². The van der Waals surface area contributed by atoms with Gasteiger partial charge in [-0.25, -0.2) is 0 Å². The first-order valence-corrected chi connectivity index (χ1v) is 7.23.